The molecular formula is C15H23IN6O4S. The van der Waals surface area contributed by atoms with Crippen molar-refractivity contribution in [3.63, 3.8) is 0 Å². The largest absolute Gasteiger partial charge is 0.364 e. The van der Waals surface area contributed by atoms with Crippen LogP contribution < -0.4 is 5.32 Å². The van der Waals surface area contributed by atoms with E-state index in [1.54, 1.807) is 13.1 Å². The molecule has 1 saturated heterocycles. The van der Waals surface area contributed by atoms with Gasteiger partial charge in [0.25, 0.3) is 0 Å². The Morgan fingerprint density at radius 2 is 2.04 bits per heavy atom. The van der Waals surface area contributed by atoms with E-state index in [4.69, 9.17) is 9.05 Å². The summed E-state index contributed by atoms with van der Waals surface area (Å²) in [5.41, 5.74) is 1.23. The minimum absolute atomic E-state index is 0. The highest BCUT2D eigenvalue weighted by Gasteiger charge is 2.29. The van der Waals surface area contributed by atoms with Crippen molar-refractivity contribution >= 4 is 40.0 Å². The number of aliphatic imine (C=N–C) groups is 1. The second-order valence-corrected chi connectivity index (χ2v) is 7.94. The highest BCUT2D eigenvalue weighted by atomic mass is 127. The van der Waals surface area contributed by atoms with Gasteiger partial charge in [0.1, 0.15) is 12.0 Å². The molecule has 3 rings (SSSR count). The van der Waals surface area contributed by atoms with Crippen molar-refractivity contribution in [2.45, 2.75) is 19.2 Å². The average Bonchev–Trinajstić information content (AvgIpc) is 3.27. The Hall–Kier alpha value is -1.67. The summed E-state index contributed by atoms with van der Waals surface area (Å²) in [6.07, 6.45) is 1.37. The number of guanidine groups is 1. The Bertz CT molecular complexity index is 844. The predicted molar refractivity (Wildman–Crippen MR) is 109 cm³/mol. The van der Waals surface area contributed by atoms with Crippen molar-refractivity contribution in [2.75, 3.05) is 33.2 Å². The standard InChI is InChI=1S/C15H22N6O4S.HI/c1-12-9-14(25-18-12)10-17-15(16-2)20-4-6-21(7-5-20)26(22,23)11-13-3-8-24-19-13;/h3,8-9H,4-7,10-11H2,1-2H3,(H,16,17);1H. The summed E-state index contributed by atoms with van der Waals surface area (Å²) in [6, 6.07) is 3.42. The molecule has 0 bridgehead atoms. The lowest BCUT2D eigenvalue weighted by atomic mass is 10.3. The molecule has 1 aliphatic heterocycles. The summed E-state index contributed by atoms with van der Waals surface area (Å²) in [7, 11) is -1.72. The van der Waals surface area contributed by atoms with Crippen LogP contribution in [0.15, 0.2) is 32.4 Å². The van der Waals surface area contributed by atoms with Crippen molar-refractivity contribution in [1.29, 1.82) is 0 Å². The third-order valence-corrected chi connectivity index (χ3v) is 5.87. The van der Waals surface area contributed by atoms with Gasteiger partial charge in [0.05, 0.1) is 17.9 Å². The average molecular weight is 510 g/mol. The van der Waals surface area contributed by atoms with Crippen molar-refractivity contribution in [1.82, 2.24) is 24.8 Å². The Morgan fingerprint density at radius 3 is 2.59 bits per heavy atom. The van der Waals surface area contributed by atoms with Crippen molar-refractivity contribution in [3.8, 4) is 0 Å². The summed E-state index contributed by atoms with van der Waals surface area (Å²) in [4.78, 5) is 6.28. The smallest absolute Gasteiger partial charge is 0.220 e. The van der Waals surface area contributed by atoms with Crippen molar-refractivity contribution in [2.24, 2.45) is 4.99 Å². The zero-order valence-electron chi connectivity index (χ0n) is 15.2. The van der Waals surface area contributed by atoms with E-state index in [1.165, 1.54) is 10.6 Å². The van der Waals surface area contributed by atoms with E-state index in [9.17, 15) is 8.42 Å². The lowest BCUT2D eigenvalue weighted by Gasteiger charge is -2.35. The molecule has 0 unspecified atom stereocenters. The molecule has 150 valence electrons. The minimum atomic E-state index is -3.41. The van der Waals surface area contributed by atoms with Crippen LogP contribution in [0.25, 0.3) is 0 Å². The first-order chi connectivity index (χ1) is 12.5. The molecule has 1 aliphatic rings. The fraction of sp³-hybridized carbons (Fsp3) is 0.533. The fourth-order valence-electron chi connectivity index (χ4n) is 2.77. The maximum Gasteiger partial charge on any atom is 0.220 e. The minimum Gasteiger partial charge on any atom is -0.364 e. The van der Waals surface area contributed by atoms with Gasteiger partial charge in [0.2, 0.25) is 10.0 Å². The summed E-state index contributed by atoms with van der Waals surface area (Å²) < 4.78 is 36.3. The third-order valence-electron chi connectivity index (χ3n) is 4.06. The van der Waals surface area contributed by atoms with Crippen LogP contribution >= 0.6 is 24.0 Å². The highest BCUT2D eigenvalue weighted by molar-refractivity contribution is 14.0. The van der Waals surface area contributed by atoms with E-state index >= 15 is 0 Å². The van der Waals surface area contributed by atoms with E-state index < -0.39 is 10.0 Å². The molecule has 0 atom stereocenters. The van der Waals surface area contributed by atoms with Crippen LogP contribution in [0.1, 0.15) is 17.1 Å². The number of nitrogens with one attached hydrogen (secondary N) is 1. The van der Waals surface area contributed by atoms with E-state index in [-0.39, 0.29) is 29.7 Å². The number of piperazine rings is 1. The van der Waals surface area contributed by atoms with Gasteiger partial charge in [-0.15, -0.1) is 24.0 Å². The second-order valence-electron chi connectivity index (χ2n) is 5.97. The van der Waals surface area contributed by atoms with Crippen molar-refractivity contribution < 1.29 is 17.5 Å². The molecule has 0 spiro atoms. The van der Waals surface area contributed by atoms with Gasteiger partial charge in [-0.3, -0.25) is 4.99 Å². The molecule has 3 heterocycles. The fourth-order valence-corrected chi connectivity index (χ4v) is 4.19. The molecule has 2 aromatic heterocycles. The van der Waals surface area contributed by atoms with Crippen LogP contribution in [0.4, 0.5) is 0 Å². The molecule has 0 saturated carbocycles. The topological polar surface area (TPSA) is 117 Å². The summed E-state index contributed by atoms with van der Waals surface area (Å²) in [5, 5.41) is 10.7. The third kappa shape index (κ3) is 5.65. The molecule has 2 aromatic rings. The SMILES string of the molecule is CN=C(NCc1cc(C)no1)N1CCN(S(=O)(=O)Cc2ccon2)CC1.I. The van der Waals surface area contributed by atoms with Crippen LogP contribution in [0.5, 0.6) is 0 Å². The number of hydrogen-bond donors (Lipinski definition) is 1. The molecule has 27 heavy (non-hydrogen) atoms. The maximum atomic E-state index is 12.5. The van der Waals surface area contributed by atoms with Crippen LogP contribution in [-0.4, -0.2) is 67.1 Å². The zero-order valence-corrected chi connectivity index (χ0v) is 18.3. The highest BCUT2D eigenvalue weighted by Crippen LogP contribution is 2.13. The molecular weight excluding hydrogens is 487 g/mol. The maximum absolute atomic E-state index is 12.5. The number of hydrogen-bond acceptors (Lipinski definition) is 7. The van der Waals surface area contributed by atoms with E-state index in [2.05, 4.69) is 20.6 Å². The molecule has 0 amide bonds. The Kier molecular flexibility index (Phi) is 7.61. The van der Waals surface area contributed by atoms with Gasteiger partial charge in [-0.05, 0) is 6.92 Å². The lowest BCUT2D eigenvalue weighted by Crippen LogP contribution is -2.53. The molecule has 0 radical (unpaired) electrons. The first-order valence-electron chi connectivity index (χ1n) is 8.23. The van der Waals surface area contributed by atoms with Crippen LogP contribution in [0.2, 0.25) is 0 Å². The second kappa shape index (κ2) is 9.50. The number of aryl methyl sites for hydroxylation is 1. The zero-order chi connectivity index (χ0) is 18.6. The number of nitrogens with zero attached hydrogens (tertiary/aromatic N) is 5. The van der Waals surface area contributed by atoms with Crippen LogP contribution in [0, 0.1) is 6.92 Å². The number of sulfonamides is 1. The normalized spacial score (nSPS) is 16.2. The van der Waals surface area contributed by atoms with Gasteiger partial charge in [-0.1, -0.05) is 10.3 Å². The molecule has 10 nitrogen and oxygen atoms in total. The van der Waals surface area contributed by atoms with Gasteiger partial charge < -0.3 is 19.3 Å². The number of rotatable bonds is 5. The van der Waals surface area contributed by atoms with E-state index in [0.29, 0.717) is 44.4 Å². The molecule has 0 aromatic carbocycles. The first kappa shape index (κ1) is 21.6. The Balaban J connectivity index is 0.00000261. The lowest BCUT2D eigenvalue weighted by molar-refractivity contribution is 0.259. The van der Waals surface area contributed by atoms with Gasteiger partial charge in [-0.25, -0.2) is 8.42 Å². The molecule has 1 fully saturated rings. The van der Waals surface area contributed by atoms with Gasteiger partial charge in [-0.2, -0.15) is 4.31 Å². The predicted octanol–water partition coefficient (Wildman–Crippen LogP) is 0.812. The Morgan fingerprint density at radius 1 is 1.30 bits per heavy atom. The van der Waals surface area contributed by atoms with Crippen molar-refractivity contribution in [3.05, 3.63) is 35.5 Å². The monoisotopic (exact) mass is 510 g/mol. The number of aromatic nitrogens is 2. The number of halogens is 1. The van der Waals surface area contributed by atoms with Crippen LogP contribution in [0.3, 0.4) is 0 Å². The van der Waals surface area contributed by atoms with Gasteiger partial charge in [0, 0.05) is 45.4 Å². The summed E-state index contributed by atoms with van der Waals surface area (Å²) >= 11 is 0. The van der Waals surface area contributed by atoms with Gasteiger partial charge >= 0.3 is 0 Å². The first-order valence-corrected chi connectivity index (χ1v) is 9.84. The summed E-state index contributed by atoms with van der Waals surface area (Å²) in [6.45, 7) is 4.21. The molecule has 1 N–H and O–H groups in total. The van der Waals surface area contributed by atoms with Crippen LogP contribution in [-0.2, 0) is 22.3 Å². The van der Waals surface area contributed by atoms with Gasteiger partial charge in [0.15, 0.2) is 11.7 Å². The Labute approximate surface area is 175 Å². The molecule has 0 aliphatic carbocycles. The molecule has 12 heteroatoms. The quantitative estimate of drug-likeness (QED) is 0.357. The summed E-state index contributed by atoms with van der Waals surface area (Å²) in [5.74, 6) is 1.27. The van der Waals surface area contributed by atoms with E-state index in [0.717, 1.165) is 11.5 Å². The van der Waals surface area contributed by atoms with E-state index in [1.807, 2.05) is 17.9 Å².